The zero-order valence-corrected chi connectivity index (χ0v) is 17.8. The summed E-state index contributed by atoms with van der Waals surface area (Å²) in [6.07, 6.45) is 1.68. The minimum atomic E-state index is 0.628. The Hall–Kier alpha value is -2.64. The lowest BCUT2D eigenvalue weighted by Gasteiger charge is -2.36. The summed E-state index contributed by atoms with van der Waals surface area (Å²) >= 11 is 5.56. The van der Waals surface area contributed by atoms with Crippen LogP contribution in [0.5, 0.6) is 0 Å². The van der Waals surface area contributed by atoms with Crippen LogP contribution in [0.2, 0.25) is 0 Å². The van der Waals surface area contributed by atoms with Crippen molar-refractivity contribution in [1.29, 1.82) is 0 Å². The predicted octanol–water partition coefficient (Wildman–Crippen LogP) is 3.27. The van der Waals surface area contributed by atoms with Crippen LogP contribution in [0.25, 0.3) is 5.69 Å². The molecule has 6 nitrogen and oxygen atoms in total. The number of nitrogens with one attached hydrogen (secondary N) is 1. The summed E-state index contributed by atoms with van der Waals surface area (Å²) in [6.45, 7) is 9.63. The van der Waals surface area contributed by atoms with E-state index < -0.39 is 0 Å². The molecular weight excluding hydrogens is 382 g/mol. The second-order valence-electron chi connectivity index (χ2n) is 7.40. The molecule has 0 atom stereocenters. The van der Waals surface area contributed by atoms with Gasteiger partial charge in [-0.1, -0.05) is 18.2 Å². The Balaban J connectivity index is 1.33. The first kappa shape index (κ1) is 19.7. The molecule has 29 heavy (non-hydrogen) atoms. The third kappa shape index (κ3) is 4.52. The number of hydrogen-bond acceptors (Lipinski definition) is 4. The first-order valence-corrected chi connectivity index (χ1v) is 10.4. The van der Waals surface area contributed by atoms with Gasteiger partial charge in [0.2, 0.25) is 0 Å². The van der Waals surface area contributed by atoms with Crippen molar-refractivity contribution in [1.82, 2.24) is 24.9 Å². The number of hydrogen-bond donors (Lipinski definition) is 1. The molecule has 1 N–H and O–H groups in total. The highest BCUT2D eigenvalue weighted by Crippen LogP contribution is 2.20. The molecule has 0 amide bonds. The average Bonchev–Trinajstić information content (AvgIpc) is 3.37. The van der Waals surface area contributed by atoms with Gasteiger partial charge in [-0.25, -0.2) is 4.68 Å². The third-order valence-corrected chi connectivity index (χ3v) is 5.88. The van der Waals surface area contributed by atoms with Crippen molar-refractivity contribution < 1.29 is 4.42 Å². The Morgan fingerprint density at radius 3 is 2.52 bits per heavy atom. The van der Waals surface area contributed by atoms with E-state index in [1.807, 2.05) is 30.3 Å². The number of rotatable bonds is 5. The fraction of sp³-hybridized carbons (Fsp3) is 0.364. The van der Waals surface area contributed by atoms with Gasteiger partial charge in [-0.3, -0.25) is 4.90 Å². The Kier molecular flexibility index (Phi) is 5.97. The Labute approximate surface area is 177 Å². The maximum atomic E-state index is 5.56. The van der Waals surface area contributed by atoms with Gasteiger partial charge in [-0.15, -0.1) is 0 Å². The highest BCUT2D eigenvalue weighted by atomic mass is 32.1. The maximum Gasteiger partial charge on any atom is 0.169 e. The van der Waals surface area contributed by atoms with Crippen molar-refractivity contribution in [2.75, 3.05) is 26.2 Å². The Bertz CT molecular complexity index is 943. The first-order valence-electron chi connectivity index (χ1n) is 10.00. The number of thiocarbonyl (C=S) groups is 1. The van der Waals surface area contributed by atoms with E-state index in [2.05, 4.69) is 45.8 Å². The molecule has 152 valence electrons. The van der Waals surface area contributed by atoms with Crippen molar-refractivity contribution in [2.45, 2.75) is 26.9 Å². The minimum absolute atomic E-state index is 0.628. The number of aromatic nitrogens is 2. The molecule has 3 heterocycles. The second-order valence-corrected chi connectivity index (χ2v) is 7.78. The smallest absolute Gasteiger partial charge is 0.169 e. The lowest BCUT2D eigenvalue weighted by Crippen LogP contribution is -2.51. The van der Waals surface area contributed by atoms with Gasteiger partial charge in [0.15, 0.2) is 5.11 Å². The van der Waals surface area contributed by atoms with Gasteiger partial charge in [0.05, 0.1) is 24.2 Å². The quantitative estimate of drug-likeness (QED) is 0.653. The highest BCUT2D eigenvalue weighted by Gasteiger charge is 2.22. The van der Waals surface area contributed by atoms with Gasteiger partial charge in [0.1, 0.15) is 5.76 Å². The summed E-state index contributed by atoms with van der Waals surface area (Å²) in [5, 5.41) is 8.87. The van der Waals surface area contributed by atoms with Crippen LogP contribution in [-0.4, -0.2) is 50.9 Å². The summed E-state index contributed by atoms with van der Waals surface area (Å²) in [5.74, 6) is 0.896. The number of aryl methyl sites for hydroxylation is 1. The van der Waals surface area contributed by atoms with Gasteiger partial charge >= 0.3 is 0 Å². The van der Waals surface area contributed by atoms with Crippen molar-refractivity contribution in [3.05, 3.63) is 71.4 Å². The lowest BCUT2D eigenvalue weighted by molar-refractivity contribution is 0.174. The van der Waals surface area contributed by atoms with Crippen molar-refractivity contribution >= 4 is 17.3 Å². The average molecular weight is 410 g/mol. The zero-order valence-electron chi connectivity index (χ0n) is 17.0. The molecule has 1 aliphatic heterocycles. The molecule has 4 rings (SSSR count). The van der Waals surface area contributed by atoms with Crippen molar-refractivity contribution in [2.24, 2.45) is 0 Å². The van der Waals surface area contributed by atoms with E-state index in [4.69, 9.17) is 21.7 Å². The molecule has 2 aromatic heterocycles. The number of piperazine rings is 1. The largest absolute Gasteiger partial charge is 0.467 e. The molecular formula is C22H27N5OS. The molecule has 1 fully saturated rings. The van der Waals surface area contributed by atoms with Crippen molar-refractivity contribution in [3.63, 3.8) is 0 Å². The Morgan fingerprint density at radius 2 is 1.83 bits per heavy atom. The molecule has 0 saturated carbocycles. The zero-order chi connectivity index (χ0) is 20.2. The number of para-hydroxylation sites is 1. The van der Waals surface area contributed by atoms with E-state index in [1.54, 1.807) is 6.26 Å². The van der Waals surface area contributed by atoms with Gasteiger partial charge in [0.25, 0.3) is 0 Å². The van der Waals surface area contributed by atoms with Gasteiger partial charge in [0, 0.05) is 44.0 Å². The molecule has 0 unspecified atom stereocenters. The summed E-state index contributed by atoms with van der Waals surface area (Å²) in [5.41, 5.74) is 4.74. The molecule has 1 aromatic carbocycles. The second kappa shape index (κ2) is 8.80. The maximum absolute atomic E-state index is 5.56. The van der Waals surface area contributed by atoms with E-state index in [0.29, 0.717) is 6.54 Å². The van der Waals surface area contributed by atoms with Crippen LogP contribution in [-0.2, 0) is 13.1 Å². The van der Waals surface area contributed by atoms with Crippen LogP contribution in [0, 0.1) is 13.8 Å². The van der Waals surface area contributed by atoms with Crippen LogP contribution in [0.4, 0.5) is 0 Å². The van der Waals surface area contributed by atoms with Crippen LogP contribution in [0.15, 0.2) is 53.1 Å². The van der Waals surface area contributed by atoms with Gasteiger partial charge in [-0.05, 0) is 50.3 Å². The van der Waals surface area contributed by atoms with E-state index in [-0.39, 0.29) is 0 Å². The summed E-state index contributed by atoms with van der Waals surface area (Å²) in [4.78, 5) is 4.72. The number of benzene rings is 1. The SMILES string of the molecule is Cc1nn(-c2ccccc2)c(C)c1CN1CCN(C(=S)NCc2ccco2)CC1. The number of nitrogens with zero attached hydrogens (tertiary/aromatic N) is 4. The molecule has 0 bridgehead atoms. The molecule has 0 radical (unpaired) electrons. The van der Waals surface area contributed by atoms with Crippen LogP contribution < -0.4 is 5.32 Å². The predicted molar refractivity (Wildman–Crippen MR) is 118 cm³/mol. The summed E-state index contributed by atoms with van der Waals surface area (Å²) < 4.78 is 7.40. The molecule has 3 aromatic rings. The fourth-order valence-electron chi connectivity index (χ4n) is 3.74. The van der Waals surface area contributed by atoms with E-state index in [1.165, 1.54) is 11.3 Å². The minimum Gasteiger partial charge on any atom is -0.467 e. The monoisotopic (exact) mass is 409 g/mol. The number of furan rings is 1. The van der Waals surface area contributed by atoms with E-state index in [9.17, 15) is 0 Å². The molecule has 1 aliphatic rings. The first-order chi connectivity index (χ1) is 14.1. The standard InChI is InChI=1S/C22H27N5OS/c1-17-21(18(2)27(24-17)19-7-4-3-5-8-19)16-25-10-12-26(13-11-25)22(29)23-15-20-9-6-14-28-20/h3-9,14H,10-13,15-16H2,1-2H3,(H,23,29). The van der Waals surface area contributed by atoms with Crippen molar-refractivity contribution in [3.8, 4) is 5.69 Å². The van der Waals surface area contributed by atoms with Crippen LogP contribution >= 0.6 is 12.2 Å². The molecule has 0 aliphatic carbocycles. The van der Waals surface area contributed by atoms with Gasteiger partial charge in [-0.2, -0.15) is 5.10 Å². The van der Waals surface area contributed by atoms with E-state index >= 15 is 0 Å². The van der Waals surface area contributed by atoms with Gasteiger partial charge < -0.3 is 14.6 Å². The fourth-order valence-corrected chi connectivity index (χ4v) is 4.00. The third-order valence-electron chi connectivity index (χ3n) is 5.48. The summed E-state index contributed by atoms with van der Waals surface area (Å²) in [7, 11) is 0. The molecule has 1 saturated heterocycles. The normalized spacial score (nSPS) is 14.9. The Morgan fingerprint density at radius 1 is 1.07 bits per heavy atom. The highest BCUT2D eigenvalue weighted by molar-refractivity contribution is 7.80. The lowest BCUT2D eigenvalue weighted by atomic mass is 10.1. The topological polar surface area (TPSA) is 49.5 Å². The molecule has 0 spiro atoms. The van der Waals surface area contributed by atoms with Crippen LogP contribution in [0.3, 0.4) is 0 Å². The van der Waals surface area contributed by atoms with E-state index in [0.717, 1.165) is 55.0 Å². The summed E-state index contributed by atoms with van der Waals surface area (Å²) in [6, 6.07) is 14.2. The molecule has 7 heteroatoms. The van der Waals surface area contributed by atoms with Crippen LogP contribution in [0.1, 0.15) is 22.7 Å².